The number of amides is 1. The summed E-state index contributed by atoms with van der Waals surface area (Å²) in [4.78, 5) is 32.9. The third-order valence-electron chi connectivity index (χ3n) is 2.88. The minimum Gasteiger partial charge on any atom is -0.452 e. The Morgan fingerprint density at radius 1 is 1.22 bits per heavy atom. The smallest absolute Gasteiger partial charge is 0.433 e. The number of halogens is 2. The zero-order valence-corrected chi connectivity index (χ0v) is 13.5. The van der Waals surface area contributed by atoms with Crippen LogP contribution in [-0.4, -0.2) is 30.0 Å². The maximum atomic E-state index is 12.0. The normalized spacial score (nSPS) is 10.8. The van der Waals surface area contributed by atoms with Gasteiger partial charge in [0, 0.05) is 11.8 Å². The van der Waals surface area contributed by atoms with Gasteiger partial charge in [-0.05, 0) is 36.4 Å². The van der Waals surface area contributed by atoms with Gasteiger partial charge >= 0.3 is 18.5 Å². The predicted octanol–water partition coefficient (Wildman–Crippen LogP) is 2.98. The van der Waals surface area contributed by atoms with Crippen molar-refractivity contribution in [1.82, 2.24) is 0 Å². The second-order valence-electron chi connectivity index (χ2n) is 4.83. The Morgan fingerprint density at radius 3 is 2.52 bits per heavy atom. The molecular formula is C16H12F2N2O7. The highest BCUT2D eigenvalue weighted by atomic mass is 19.3. The summed E-state index contributed by atoms with van der Waals surface area (Å²) < 4.78 is 37.7. The summed E-state index contributed by atoms with van der Waals surface area (Å²) in [6, 6.07) is 7.55. The molecule has 0 unspecified atom stereocenters. The van der Waals surface area contributed by atoms with E-state index in [0.29, 0.717) is 0 Å². The first-order valence-corrected chi connectivity index (χ1v) is 7.27. The highest BCUT2D eigenvalue weighted by Gasteiger charge is 2.11. The van der Waals surface area contributed by atoms with E-state index in [1.807, 2.05) is 0 Å². The number of nitrogens with zero attached hydrogens (tertiary/aromatic N) is 1. The lowest BCUT2D eigenvalue weighted by Gasteiger charge is -2.07. The van der Waals surface area contributed by atoms with Crippen LogP contribution >= 0.6 is 0 Å². The first-order chi connectivity index (χ1) is 12.8. The Kier molecular flexibility index (Phi) is 6.58. The minimum atomic E-state index is -2.95. The monoisotopic (exact) mass is 382 g/mol. The summed E-state index contributed by atoms with van der Waals surface area (Å²) in [7, 11) is 0. The van der Waals surface area contributed by atoms with Crippen LogP contribution in [0.3, 0.4) is 0 Å². The SMILES string of the molecule is O=C(COC(=O)/C=C/c1ccc([N+](=O)[O-])o1)Nc1ccc(OC(F)F)cc1. The number of hydrogen-bond donors (Lipinski definition) is 1. The first kappa shape index (κ1) is 19.6. The van der Waals surface area contributed by atoms with Gasteiger partial charge in [-0.2, -0.15) is 8.78 Å². The van der Waals surface area contributed by atoms with E-state index in [9.17, 15) is 28.5 Å². The van der Waals surface area contributed by atoms with E-state index in [-0.39, 0.29) is 17.2 Å². The van der Waals surface area contributed by atoms with Gasteiger partial charge in [0.05, 0.1) is 6.07 Å². The van der Waals surface area contributed by atoms with Gasteiger partial charge < -0.3 is 19.2 Å². The standard InChI is InChI=1S/C16H12F2N2O7/c17-16(18)27-12-3-1-10(2-4-12)19-13(21)9-25-15(22)8-6-11-5-7-14(26-11)20(23)24/h1-8,16H,9H2,(H,19,21)/b8-6+. The van der Waals surface area contributed by atoms with E-state index in [1.165, 1.54) is 30.3 Å². The van der Waals surface area contributed by atoms with E-state index in [2.05, 4.69) is 10.1 Å². The number of furan rings is 1. The molecule has 9 nitrogen and oxygen atoms in total. The number of benzene rings is 1. The van der Waals surface area contributed by atoms with Crippen molar-refractivity contribution >= 4 is 29.5 Å². The van der Waals surface area contributed by atoms with E-state index in [0.717, 1.165) is 18.2 Å². The zero-order chi connectivity index (χ0) is 19.8. The topological polar surface area (TPSA) is 121 Å². The molecule has 1 heterocycles. The summed E-state index contributed by atoms with van der Waals surface area (Å²) in [5.74, 6) is -2.02. The van der Waals surface area contributed by atoms with Crippen molar-refractivity contribution < 1.29 is 37.2 Å². The quantitative estimate of drug-likeness (QED) is 0.322. The van der Waals surface area contributed by atoms with Gasteiger partial charge in [0.2, 0.25) is 0 Å². The van der Waals surface area contributed by atoms with E-state index in [4.69, 9.17) is 9.15 Å². The molecule has 0 atom stereocenters. The van der Waals surface area contributed by atoms with Crippen molar-refractivity contribution in [2.75, 3.05) is 11.9 Å². The lowest BCUT2D eigenvalue weighted by molar-refractivity contribution is -0.402. The molecule has 0 bridgehead atoms. The molecule has 0 aliphatic heterocycles. The van der Waals surface area contributed by atoms with Crippen LogP contribution < -0.4 is 10.1 Å². The van der Waals surface area contributed by atoms with Crippen molar-refractivity contribution in [1.29, 1.82) is 0 Å². The second-order valence-corrected chi connectivity index (χ2v) is 4.83. The molecule has 1 aromatic heterocycles. The average molecular weight is 382 g/mol. The molecule has 142 valence electrons. The van der Waals surface area contributed by atoms with Crippen LogP contribution in [0.1, 0.15) is 5.76 Å². The van der Waals surface area contributed by atoms with Crippen LogP contribution in [0.25, 0.3) is 6.08 Å². The molecule has 0 saturated carbocycles. The number of esters is 1. The van der Waals surface area contributed by atoms with Crippen molar-refractivity contribution in [2.24, 2.45) is 0 Å². The van der Waals surface area contributed by atoms with Crippen molar-refractivity contribution in [3.05, 3.63) is 58.3 Å². The van der Waals surface area contributed by atoms with Crippen LogP contribution in [0.4, 0.5) is 20.4 Å². The van der Waals surface area contributed by atoms with Gasteiger partial charge in [-0.3, -0.25) is 14.9 Å². The number of hydrogen-bond acceptors (Lipinski definition) is 7. The van der Waals surface area contributed by atoms with Crippen molar-refractivity contribution in [3.8, 4) is 5.75 Å². The Balaban J connectivity index is 1.77. The molecular weight excluding hydrogens is 370 g/mol. The summed E-state index contributed by atoms with van der Waals surface area (Å²) in [5, 5.41) is 12.8. The van der Waals surface area contributed by atoms with Crippen molar-refractivity contribution in [2.45, 2.75) is 6.61 Å². The lowest BCUT2D eigenvalue weighted by Crippen LogP contribution is -2.20. The van der Waals surface area contributed by atoms with Gasteiger partial charge in [-0.25, -0.2) is 4.79 Å². The molecule has 0 aliphatic rings. The number of alkyl halides is 2. The number of carbonyl (C=O) groups excluding carboxylic acids is 2. The Bertz CT molecular complexity index is 847. The number of anilines is 1. The number of carbonyl (C=O) groups is 2. The summed E-state index contributed by atoms with van der Waals surface area (Å²) in [6.07, 6.45) is 2.08. The number of nitro groups is 1. The largest absolute Gasteiger partial charge is 0.452 e. The summed E-state index contributed by atoms with van der Waals surface area (Å²) in [6.45, 7) is -3.55. The average Bonchev–Trinajstić information content (AvgIpc) is 3.09. The van der Waals surface area contributed by atoms with Crippen LogP contribution in [0.15, 0.2) is 46.9 Å². The first-order valence-electron chi connectivity index (χ1n) is 7.27. The van der Waals surface area contributed by atoms with E-state index >= 15 is 0 Å². The highest BCUT2D eigenvalue weighted by molar-refractivity contribution is 5.94. The van der Waals surface area contributed by atoms with Crippen LogP contribution in [0, 0.1) is 10.1 Å². The fraction of sp³-hybridized carbons (Fsp3) is 0.125. The molecule has 2 aromatic rings. The van der Waals surface area contributed by atoms with E-state index < -0.39 is 35.9 Å². The maximum absolute atomic E-state index is 12.0. The molecule has 2 rings (SSSR count). The summed E-state index contributed by atoms with van der Waals surface area (Å²) >= 11 is 0. The molecule has 0 aliphatic carbocycles. The fourth-order valence-electron chi connectivity index (χ4n) is 1.78. The predicted molar refractivity (Wildman–Crippen MR) is 87.1 cm³/mol. The van der Waals surface area contributed by atoms with Crippen LogP contribution in [-0.2, 0) is 14.3 Å². The fourth-order valence-corrected chi connectivity index (χ4v) is 1.78. The Hall–Kier alpha value is -3.76. The van der Waals surface area contributed by atoms with Crippen LogP contribution in [0.5, 0.6) is 5.75 Å². The summed E-state index contributed by atoms with van der Waals surface area (Å²) in [5.41, 5.74) is 0.288. The number of rotatable bonds is 8. The molecule has 1 N–H and O–H groups in total. The molecule has 0 radical (unpaired) electrons. The van der Waals surface area contributed by atoms with Gasteiger partial charge in [-0.1, -0.05) is 0 Å². The minimum absolute atomic E-state index is 0.0641. The number of ether oxygens (including phenoxy) is 2. The van der Waals surface area contributed by atoms with Gasteiger partial charge in [0.25, 0.3) is 5.91 Å². The Morgan fingerprint density at radius 2 is 1.93 bits per heavy atom. The molecule has 27 heavy (non-hydrogen) atoms. The molecule has 0 saturated heterocycles. The number of nitrogens with one attached hydrogen (secondary N) is 1. The highest BCUT2D eigenvalue weighted by Crippen LogP contribution is 2.18. The van der Waals surface area contributed by atoms with Gasteiger partial charge in [0.15, 0.2) is 6.61 Å². The Labute approximate surface area is 150 Å². The molecule has 0 spiro atoms. The zero-order valence-electron chi connectivity index (χ0n) is 13.5. The lowest BCUT2D eigenvalue weighted by atomic mass is 10.3. The third-order valence-corrected chi connectivity index (χ3v) is 2.88. The second kappa shape index (κ2) is 9.08. The van der Waals surface area contributed by atoms with Gasteiger partial charge in [0.1, 0.15) is 16.4 Å². The molecule has 1 aromatic carbocycles. The third kappa shape index (κ3) is 6.57. The van der Waals surface area contributed by atoms with Gasteiger partial charge in [-0.15, -0.1) is 0 Å². The molecule has 1 amide bonds. The maximum Gasteiger partial charge on any atom is 0.433 e. The van der Waals surface area contributed by atoms with Crippen molar-refractivity contribution in [3.63, 3.8) is 0 Å². The molecule has 11 heteroatoms. The van der Waals surface area contributed by atoms with E-state index in [1.54, 1.807) is 0 Å². The van der Waals surface area contributed by atoms with Crippen LogP contribution in [0.2, 0.25) is 0 Å². The molecule has 0 fully saturated rings.